The molecule has 0 aliphatic rings. The number of aromatic carboxylic acids is 1. The van der Waals surface area contributed by atoms with Crippen LogP contribution in [0.15, 0.2) is 71.8 Å². The number of carboxylic acid groups (broad SMARTS) is 1. The fourth-order valence-electron chi connectivity index (χ4n) is 2.44. The van der Waals surface area contributed by atoms with Crippen LogP contribution < -0.4 is 5.43 Å². The molecule has 0 radical (unpaired) electrons. The third kappa shape index (κ3) is 3.21. The van der Waals surface area contributed by atoms with Gasteiger partial charge in [-0.05, 0) is 42.0 Å². The van der Waals surface area contributed by atoms with E-state index in [2.05, 4.69) is 28.7 Å². The first kappa shape index (κ1) is 14.8. The van der Waals surface area contributed by atoms with Gasteiger partial charge in [0.15, 0.2) is 0 Å². The fraction of sp³-hybridized carbons (Fsp3) is 0.0526. The highest BCUT2D eigenvalue weighted by molar-refractivity contribution is 6.09. The lowest BCUT2D eigenvalue weighted by molar-refractivity contribution is 0.0697. The van der Waals surface area contributed by atoms with Crippen molar-refractivity contribution in [2.45, 2.75) is 6.92 Å². The summed E-state index contributed by atoms with van der Waals surface area (Å²) in [7, 11) is 0. The summed E-state index contributed by atoms with van der Waals surface area (Å²) in [5.74, 6) is -0.938. The van der Waals surface area contributed by atoms with Crippen LogP contribution in [0.5, 0.6) is 0 Å². The zero-order valence-corrected chi connectivity index (χ0v) is 12.7. The smallest absolute Gasteiger partial charge is 0.335 e. The van der Waals surface area contributed by atoms with Gasteiger partial charge >= 0.3 is 5.97 Å². The van der Waals surface area contributed by atoms with E-state index >= 15 is 0 Å². The Labute approximate surface area is 134 Å². The average Bonchev–Trinajstić information content (AvgIpc) is 2.59. The molecule has 0 unspecified atom stereocenters. The van der Waals surface area contributed by atoms with Crippen LogP contribution in [-0.4, -0.2) is 16.8 Å². The van der Waals surface area contributed by atoms with E-state index in [1.54, 1.807) is 24.3 Å². The van der Waals surface area contributed by atoms with Crippen LogP contribution in [0.4, 0.5) is 5.69 Å². The van der Waals surface area contributed by atoms with Crippen molar-refractivity contribution in [3.8, 4) is 0 Å². The van der Waals surface area contributed by atoms with Gasteiger partial charge in [0, 0.05) is 5.56 Å². The third-order valence-corrected chi connectivity index (χ3v) is 3.66. The van der Waals surface area contributed by atoms with Crippen LogP contribution in [0.25, 0.3) is 10.8 Å². The Bertz CT molecular complexity index is 878. The molecule has 114 valence electrons. The van der Waals surface area contributed by atoms with Crippen LogP contribution in [0.3, 0.4) is 0 Å². The highest BCUT2D eigenvalue weighted by Crippen LogP contribution is 2.19. The molecule has 0 aromatic heterocycles. The van der Waals surface area contributed by atoms with Gasteiger partial charge in [-0.15, -0.1) is 0 Å². The largest absolute Gasteiger partial charge is 0.478 e. The molecule has 0 aliphatic heterocycles. The number of carboxylic acids is 1. The predicted molar refractivity (Wildman–Crippen MR) is 93.2 cm³/mol. The standard InChI is InChI=1S/C19H16N2O2/c1-13(17-8-4-6-14-5-2-3-7-18(14)17)20-21-16-11-9-15(10-12-16)19(22)23/h2-12,21H,1H3,(H,22,23). The van der Waals surface area contributed by atoms with E-state index in [4.69, 9.17) is 5.11 Å². The Morgan fingerprint density at radius 1 is 0.957 bits per heavy atom. The maximum absolute atomic E-state index is 10.8. The zero-order valence-electron chi connectivity index (χ0n) is 12.7. The first-order valence-electron chi connectivity index (χ1n) is 7.27. The molecule has 0 amide bonds. The number of rotatable bonds is 4. The summed E-state index contributed by atoms with van der Waals surface area (Å²) in [6.45, 7) is 1.94. The quantitative estimate of drug-likeness (QED) is 0.555. The van der Waals surface area contributed by atoms with Gasteiger partial charge in [-0.2, -0.15) is 5.10 Å². The number of anilines is 1. The molecule has 0 heterocycles. The summed E-state index contributed by atoms with van der Waals surface area (Å²) in [5.41, 5.74) is 5.90. The molecule has 4 nitrogen and oxygen atoms in total. The predicted octanol–water partition coefficient (Wildman–Crippen LogP) is 4.37. The molecule has 0 bridgehead atoms. The van der Waals surface area contributed by atoms with Crippen LogP contribution in [0.2, 0.25) is 0 Å². The first-order valence-corrected chi connectivity index (χ1v) is 7.27. The van der Waals surface area contributed by atoms with Gasteiger partial charge in [-0.1, -0.05) is 42.5 Å². The molecule has 3 aromatic rings. The summed E-state index contributed by atoms with van der Waals surface area (Å²) in [6.07, 6.45) is 0. The average molecular weight is 304 g/mol. The summed E-state index contributed by atoms with van der Waals surface area (Å²) in [6, 6.07) is 20.8. The van der Waals surface area contributed by atoms with E-state index < -0.39 is 5.97 Å². The molecule has 0 saturated heterocycles. The van der Waals surface area contributed by atoms with Crippen LogP contribution in [0, 0.1) is 0 Å². The number of fused-ring (bicyclic) bond motifs is 1. The van der Waals surface area contributed by atoms with E-state index in [0.717, 1.165) is 22.3 Å². The van der Waals surface area contributed by atoms with Gasteiger partial charge < -0.3 is 5.11 Å². The summed E-state index contributed by atoms with van der Waals surface area (Å²) < 4.78 is 0. The number of benzene rings is 3. The van der Waals surface area contributed by atoms with Crippen LogP contribution >= 0.6 is 0 Å². The number of nitrogens with one attached hydrogen (secondary N) is 1. The van der Waals surface area contributed by atoms with E-state index in [-0.39, 0.29) is 5.56 Å². The van der Waals surface area contributed by atoms with Gasteiger partial charge in [-0.25, -0.2) is 4.79 Å². The molecular formula is C19H16N2O2. The molecule has 3 aromatic carbocycles. The molecule has 0 aliphatic carbocycles. The molecule has 0 saturated carbocycles. The van der Waals surface area contributed by atoms with Crippen molar-refractivity contribution in [1.82, 2.24) is 0 Å². The molecule has 4 heteroatoms. The maximum Gasteiger partial charge on any atom is 0.335 e. The third-order valence-electron chi connectivity index (χ3n) is 3.66. The topological polar surface area (TPSA) is 61.7 Å². The summed E-state index contributed by atoms with van der Waals surface area (Å²) in [4.78, 5) is 10.8. The van der Waals surface area contributed by atoms with Crippen LogP contribution in [-0.2, 0) is 0 Å². The first-order chi connectivity index (χ1) is 11.1. The second-order valence-corrected chi connectivity index (χ2v) is 5.22. The molecule has 0 spiro atoms. The van der Waals surface area contributed by atoms with Gasteiger partial charge in [0.1, 0.15) is 0 Å². The van der Waals surface area contributed by atoms with Crippen LogP contribution in [0.1, 0.15) is 22.8 Å². The monoisotopic (exact) mass is 304 g/mol. The van der Waals surface area contributed by atoms with E-state index in [1.165, 1.54) is 5.39 Å². The molecule has 0 fully saturated rings. The second kappa shape index (κ2) is 6.32. The Morgan fingerprint density at radius 3 is 2.39 bits per heavy atom. The minimum Gasteiger partial charge on any atom is -0.478 e. The maximum atomic E-state index is 10.8. The Morgan fingerprint density at radius 2 is 1.65 bits per heavy atom. The lowest BCUT2D eigenvalue weighted by Gasteiger charge is -2.07. The molecule has 0 atom stereocenters. The Kier molecular flexibility index (Phi) is 4.06. The second-order valence-electron chi connectivity index (χ2n) is 5.22. The highest BCUT2D eigenvalue weighted by Gasteiger charge is 2.04. The van der Waals surface area contributed by atoms with Crippen molar-refractivity contribution in [3.63, 3.8) is 0 Å². The number of hydrogen-bond donors (Lipinski definition) is 2. The lowest BCUT2D eigenvalue weighted by atomic mass is 10.0. The number of hydrogen-bond acceptors (Lipinski definition) is 3. The van der Waals surface area contributed by atoms with Crippen molar-refractivity contribution >= 4 is 28.1 Å². The minimum absolute atomic E-state index is 0.255. The van der Waals surface area contributed by atoms with Gasteiger partial charge in [0.25, 0.3) is 0 Å². The normalized spacial score (nSPS) is 11.4. The van der Waals surface area contributed by atoms with E-state index in [1.807, 2.05) is 31.2 Å². The lowest BCUT2D eigenvalue weighted by Crippen LogP contribution is -2.01. The molecule has 23 heavy (non-hydrogen) atoms. The van der Waals surface area contributed by atoms with E-state index in [9.17, 15) is 4.79 Å². The Balaban J connectivity index is 1.85. The SMILES string of the molecule is CC(=NNc1ccc(C(=O)O)cc1)c1cccc2ccccc12. The fourth-order valence-corrected chi connectivity index (χ4v) is 2.44. The van der Waals surface area contributed by atoms with Gasteiger partial charge in [0.05, 0.1) is 17.0 Å². The molecular weight excluding hydrogens is 288 g/mol. The highest BCUT2D eigenvalue weighted by atomic mass is 16.4. The number of hydrazone groups is 1. The van der Waals surface area contributed by atoms with Crippen molar-refractivity contribution < 1.29 is 9.90 Å². The summed E-state index contributed by atoms with van der Waals surface area (Å²) in [5, 5.41) is 15.6. The van der Waals surface area contributed by atoms with Crippen molar-refractivity contribution in [3.05, 3.63) is 77.9 Å². The zero-order chi connectivity index (χ0) is 16.2. The van der Waals surface area contributed by atoms with Crippen molar-refractivity contribution in [2.75, 3.05) is 5.43 Å². The van der Waals surface area contributed by atoms with Crippen molar-refractivity contribution in [2.24, 2.45) is 5.10 Å². The summed E-state index contributed by atoms with van der Waals surface area (Å²) >= 11 is 0. The van der Waals surface area contributed by atoms with Gasteiger partial charge in [0.2, 0.25) is 0 Å². The van der Waals surface area contributed by atoms with Gasteiger partial charge in [-0.3, -0.25) is 5.43 Å². The number of nitrogens with zero attached hydrogens (tertiary/aromatic N) is 1. The molecule has 3 rings (SSSR count). The van der Waals surface area contributed by atoms with E-state index in [0.29, 0.717) is 0 Å². The molecule has 2 N–H and O–H groups in total. The number of carbonyl (C=O) groups is 1. The Hall–Kier alpha value is -3.14. The minimum atomic E-state index is -0.938. The van der Waals surface area contributed by atoms with Crippen molar-refractivity contribution in [1.29, 1.82) is 0 Å².